The number of carbonyl (C=O) groups is 2. The number of nitro groups is 1. The Labute approximate surface area is 121 Å². The summed E-state index contributed by atoms with van der Waals surface area (Å²) in [6.45, 7) is -0.867. The van der Waals surface area contributed by atoms with Crippen molar-refractivity contribution < 1.29 is 32.4 Å². The van der Waals surface area contributed by atoms with Gasteiger partial charge in [0, 0.05) is 0 Å². The fourth-order valence-corrected chi connectivity index (χ4v) is 1.53. The normalized spacial score (nSPS) is 10.3. The highest BCUT2D eigenvalue weighted by Gasteiger charge is 2.20. The number of ketones is 1. The fraction of sp³-hybridized carbons (Fsp3) is 0.0769. The third kappa shape index (κ3) is 3.32. The van der Waals surface area contributed by atoms with Crippen LogP contribution in [0.1, 0.15) is 20.9 Å². The third-order valence-corrected chi connectivity index (χ3v) is 2.54. The van der Waals surface area contributed by atoms with Crippen LogP contribution in [0.15, 0.2) is 34.7 Å². The van der Waals surface area contributed by atoms with Crippen LogP contribution in [0.2, 0.25) is 0 Å². The number of hydrogen-bond donors (Lipinski definition) is 0. The van der Waals surface area contributed by atoms with Crippen LogP contribution in [-0.4, -0.2) is 23.3 Å². The number of carbonyl (C=O) groups excluding carboxylic acids is 2. The van der Waals surface area contributed by atoms with E-state index in [0.29, 0.717) is 6.07 Å². The van der Waals surface area contributed by atoms with E-state index in [1.165, 1.54) is 0 Å². The molecule has 114 valence electrons. The first kappa shape index (κ1) is 15.3. The van der Waals surface area contributed by atoms with Crippen molar-refractivity contribution in [2.45, 2.75) is 0 Å². The zero-order valence-electron chi connectivity index (χ0n) is 10.7. The summed E-state index contributed by atoms with van der Waals surface area (Å²) in [6, 6.07) is 4.20. The lowest BCUT2D eigenvalue weighted by Crippen LogP contribution is -2.15. The summed E-state index contributed by atoms with van der Waals surface area (Å²) in [5, 5.41) is 10.4. The zero-order chi connectivity index (χ0) is 16.3. The molecule has 7 nitrogen and oxygen atoms in total. The Hall–Kier alpha value is -3.10. The van der Waals surface area contributed by atoms with E-state index >= 15 is 0 Å². The van der Waals surface area contributed by atoms with Gasteiger partial charge in [-0.1, -0.05) is 0 Å². The van der Waals surface area contributed by atoms with Crippen molar-refractivity contribution in [1.82, 2.24) is 0 Å². The molecule has 22 heavy (non-hydrogen) atoms. The number of benzene rings is 1. The minimum Gasteiger partial charge on any atom is -0.451 e. The van der Waals surface area contributed by atoms with Gasteiger partial charge in [-0.25, -0.2) is 13.6 Å². The minimum atomic E-state index is -1.14. The van der Waals surface area contributed by atoms with E-state index < -0.39 is 52.1 Å². The Morgan fingerprint density at radius 3 is 2.59 bits per heavy atom. The summed E-state index contributed by atoms with van der Waals surface area (Å²) >= 11 is 0. The maximum Gasteiger partial charge on any atom is 0.433 e. The van der Waals surface area contributed by atoms with Gasteiger partial charge in [0.25, 0.3) is 0 Å². The molecule has 0 aliphatic carbocycles. The van der Waals surface area contributed by atoms with Crippen molar-refractivity contribution in [2.24, 2.45) is 0 Å². The Morgan fingerprint density at radius 2 is 1.95 bits per heavy atom. The molecule has 1 aromatic heterocycles. The number of esters is 1. The molecule has 0 spiro atoms. The van der Waals surface area contributed by atoms with Crippen LogP contribution < -0.4 is 0 Å². The van der Waals surface area contributed by atoms with E-state index in [4.69, 9.17) is 0 Å². The van der Waals surface area contributed by atoms with Gasteiger partial charge in [-0.05, 0) is 24.3 Å². The van der Waals surface area contributed by atoms with Gasteiger partial charge in [-0.15, -0.1) is 0 Å². The molecule has 0 N–H and O–H groups in total. The topological polar surface area (TPSA) is 99.7 Å². The average Bonchev–Trinajstić information content (AvgIpc) is 2.97. The highest BCUT2D eigenvalue weighted by molar-refractivity contribution is 5.99. The molecule has 0 aliphatic rings. The molecule has 0 unspecified atom stereocenters. The molecular formula is C13H7F2NO6. The molecule has 0 aliphatic heterocycles. The zero-order valence-corrected chi connectivity index (χ0v) is 10.7. The Bertz CT molecular complexity index is 755. The van der Waals surface area contributed by atoms with Crippen LogP contribution in [0, 0.1) is 21.7 Å². The van der Waals surface area contributed by atoms with Gasteiger partial charge in [0.2, 0.25) is 11.5 Å². The molecule has 0 atom stereocenters. The van der Waals surface area contributed by atoms with Crippen LogP contribution >= 0.6 is 0 Å². The van der Waals surface area contributed by atoms with E-state index in [-0.39, 0.29) is 0 Å². The second kappa shape index (κ2) is 6.12. The lowest BCUT2D eigenvalue weighted by atomic mass is 10.1. The van der Waals surface area contributed by atoms with Gasteiger partial charge >= 0.3 is 11.9 Å². The van der Waals surface area contributed by atoms with Crippen molar-refractivity contribution in [2.75, 3.05) is 6.61 Å². The molecule has 9 heteroatoms. The molecule has 2 rings (SSSR count). The van der Waals surface area contributed by atoms with Crippen molar-refractivity contribution in [1.29, 1.82) is 0 Å². The SMILES string of the molecule is O=C(OCC(=O)c1cc(F)ccc1F)c1ccc([N+](=O)[O-])o1. The summed E-state index contributed by atoms with van der Waals surface area (Å²) < 4.78 is 35.4. The van der Waals surface area contributed by atoms with E-state index in [1.54, 1.807) is 0 Å². The summed E-state index contributed by atoms with van der Waals surface area (Å²) in [6.07, 6.45) is 0. The standard InChI is InChI=1S/C13H7F2NO6/c14-7-1-2-9(15)8(5-7)10(17)6-21-13(18)11-3-4-12(22-11)16(19)20/h1-5H,6H2. The quantitative estimate of drug-likeness (QED) is 0.364. The van der Waals surface area contributed by atoms with Crippen LogP contribution in [0.25, 0.3) is 0 Å². The van der Waals surface area contributed by atoms with Crippen LogP contribution in [-0.2, 0) is 4.74 Å². The summed E-state index contributed by atoms with van der Waals surface area (Å²) in [7, 11) is 0. The van der Waals surface area contributed by atoms with E-state index in [1.807, 2.05) is 0 Å². The van der Waals surface area contributed by atoms with Crippen molar-refractivity contribution in [3.8, 4) is 0 Å². The molecule has 0 saturated carbocycles. The molecule has 1 heterocycles. The van der Waals surface area contributed by atoms with Crippen molar-refractivity contribution in [3.05, 3.63) is 63.4 Å². The monoisotopic (exact) mass is 311 g/mol. The Kier molecular flexibility index (Phi) is 4.25. The van der Waals surface area contributed by atoms with Crippen LogP contribution in [0.4, 0.5) is 14.7 Å². The van der Waals surface area contributed by atoms with Crippen molar-refractivity contribution >= 4 is 17.6 Å². The molecule has 0 bridgehead atoms. The van der Waals surface area contributed by atoms with E-state index in [9.17, 15) is 28.5 Å². The first-order valence-electron chi connectivity index (χ1n) is 5.78. The summed E-state index contributed by atoms with van der Waals surface area (Å²) in [5.74, 6) is -5.05. The number of furan rings is 1. The lowest BCUT2D eigenvalue weighted by molar-refractivity contribution is -0.402. The van der Waals surface area contributed by atoms with Crippen LogP contribution in [0.3, 0.4) is 0 Å². The van der Waals surface area contributed by atoms with Gasteiger partial charge < -0.3 is 9.15 Å². The molecular weight excluding hydrogens is 304 g/mol. The first-order chi connectivity index (χ1) is 10.4. The van der Waals surface area contributed by atoms with Gasteiger partial charge in [0.05, 0.1) is 11.6 Å². The maximum absolute atomic E-state index is 13.3. The Morgan fingerprint density at radius 1 is 1.23 bits per heavy atom. The number of nitrogens with zero attached hydrogens (tertiary/aromatic N) is 1. The minimum absolute atomic E-state index is 0.487. The average molecular weight is 311 g/mol. The molecule has 0 radical (unpaired) electrons. The van der Waals surface area contributed by atoms with E-state index in [2.05, 4.69) is 9.15 Å². The number of ether oxygens (including phenoxy) is 1. The number of hydrogen-bond acceptors (Lipinski definition) is 6. The highest BCUT2D eigenvalue weighted by atomic mass is 19.1. The number of halogens is 2. The lowest BCUT2D eigenvalue weighted by Gasteiger charge is -2.03. The molecule has 2 aromatic rings. The predicted molar refractivity (Wildman–Crippen MR) is 66.3 cm³/mol. The summed E-state index contributed by atoms with van der Waals surface area (Å²) in [4.78, 5) is 32.7. The maximum atomic E-state index is 13.3. The van der Waals surface area contributed by atoms with Gasteiger partial charge in [0.1, 0.15) is 16.6 Å². The molecule has 0 fully saturated rings. The molecule has 0 saturated heterocycles. The van der Waals surface area contributed by atoms with Gasteiger partial charge in [-0.2, -0.15) is 0 Å². The van der Waals surface area contributed by atoms with Crippen molar-refractivity contribution in [3.63, 3.8) is 0 Å². The molecule has 1 aromatic carbocycles. The number of rotatable bonds is 5. The largest absolute Gasteiger partial charge is 0.451 e. The fourth-order valence-electron chi connectivity index (χ4n) is 1.53. The van der Waals surface area contributed by atoms with Gasteiger partial charge in [-0.3, -0.25) is 14.9 Å². The second-order valence-electron chi connectivity index (χ2n) is 4.02. The highest BCUT2D eigenvalue weighted by Crippen LogP contribution is 2.17. The smallest absolute Gasteiger partial charge is 0.433 e. The first-order valence-corrected chi connectivity index (χ1v) is 5.78. The Balaban J connectivity index is 2.02. The second-order valence-corrected chi connectivity index (χ2v) is 4.02. The van der Waals surface area contributed by atoms with E-state index in [0.717, 1.165) is 24.3 Å². The number of Topliss-reactive ketones (excluding diaryl/α,β-unsaturated/α-hetero) is 1. The van der Waals surface area contributed by atoms with Gasteiger partial charge in [0.15, 0.2) is 6.61 Å². The molecule has 0 amide bonds. The third-order valence-electron chi connectivity index (χ3n) is 2.54. The predicted octanol–water partition coefficient (Wildman–Crippen LogP) is 2.51. The summed E-state index contributed by atoms with van der Waals surface area (Å²) in [5.41, 5.74) is -0.571. The van der Waals surface area contributed by atoms with Crippen LogP contribution in [0.5, 0.6) is 0 Å².